The first-order valence-electron chi connectivity index (χ1n) is 9.02. The number of rotatable bonds is 9. The van der Waals surface area contributed by atoms with Crippen molar-refractivity contribution in [3.63, 3.8) is 0 Å². The number of aromatic nitrogens is 1. The van der Waals surface area contributed by atoms with E-state index in [1.54, 1.807) is 36.4 Å². The molecule has 1 unspecified atom stereocenters. The van der Waals surface area contributed by atoms with Crippen LogP contribution in [0.15, 0.2) is 65.6 Å². The predicted molar refractivity (Wildman–Crippen MR) is 115 cm³/mol. The lowest BCUT2D eigenvalue weighted by Gasteiger charge is -2.20. The Labute approximate surface area is 182 Å². The number of aryl methyl sites for hydroxylation is 1. The van der Waals surface area contributed by atoms with Gasteiger partial charge in [-0.1, -0.05) is 30.3 Å². The zero-order chi connectivity index (χ0) is 22.4. The van der Waals surface area contributed by atoms with Gasteiger partial charge in [-0.2, -0.15) is 4.37 Å². The highest BCUT2D eigenvalue weighted by Gasteiger charge is 2.20. The Morgan fingerprint density at radius 1 is 1.13 bits per heavy atom. The van der Waals surface area contributed by atoms with Crippen LogP contribution in [0.4, 0.5) is 11.5 Å². The second-order valence-corrected chi connectivity index (χ2v) is 9.14. The first kappa shape index (κ1) is 22.2. The third-order valence-corrected chi connectivity index (χ3v) is 6.04. The van der Waals surface area contributed by atoms with Gasteiger partial charge in [-0.15, -0.1) is 0 Å². The molecule has 0 aliphatic carbocycles. The highest BCUT2D eigenvalue weighted by atomic mass is 32.2. The minimum atomic E-state index is -3.81. The van der Waals surface area contributed by atoms with Gasteiger partial charge < -0.3 is 15.2 Å². The lowest BCUT2D eigenvalue weighted by Crippen LogP contribution is -2.20. The van der Waals surface area contributed by atoms with E-state index in [0.717, 1.165) is 4.88 Å². The minimum absolute atomic E-state index is 0.0304. The third kappa shape index (κ3) is 6.27. The van der Waals surface area contributed by atoms with Crippen LogP contribution >= 0.6 is 11.5 Å². The largest absolute Gasteiger partial charge is 0.481 e. The van der Waals surface area contributed by atoms with Crippen LogP contribution in [0.5, 0.6) is 0 Å². The second-order valence-electron chi connectivity index (χ2n) is 6.45. The molecule has 3 rings (SSSR count). The fourth-order valence-electron chi connectivity index (χ4n) is 2.60. The lowest BCUT2D eigenvalue weighted by molar-refractivity contribution is -0.154. The maximum Gasteiger partial charge on any atom is 0.319 e. The highest BCUT2D eigenvalue weighted by molar-refractivity contribution is 7.92. The predicted octanol–water partition coefficient (Wildman–Crippen LogP) is 3.38. The van der Waals surface area contributed by atoms with Gasteiger partial charge in [-0.05, 0) is 48.8 Å². The van der Waals surface area contributed by atoms with Gasteiger partial charge in [0.2, 0.25) is 0 Å². The Morgan fingerprint density at radius 3 is 2.39 bits per heavy atom. The van der Waals surface area contributed by atoms with E-state index in [-0.39, 0.29) is 10.7 Å². The molecule has 31 heavy (non-hydrogen) atoms. The molecule has 0 saturated heterocycles. The summed E-state index contributed by atoms with van der Waals surface area (Å²) in [5, 5.41) is 11.8. The molecule has 2 aromatic carbocycles. The molecule has 3 N–H and O–H groups in total. The number of nitrogens with one attached hydrogen (secondary N) is 2. The van der Waals surface area contributed by atoms with Gasteiger partial charge in [-0.3, -0.25) is 14.3 Å². The molecule has 0 aliphatic rings. The number of hydrogen-bond acceptors (Lipinski definition) is 8. The summed E-state index contributed by atoms with van der Waals surface area (Å²) in [5.41, 5.74) is 1.07. The average Bonchev–Trinajstić information content (AvgIpc) is 3.12. The van der Waals surface area contributed by atoms with Crippen molar-refractivity contribution in [3.05, 3.63) is 71.1 Å². The van der Waals surface area contributed by atoms with E-state index in [1.165, 1.54) is 35.8 Å². The van der Waals surface area contributed by atoms with Crippen molar-refractivity contribution in [1.82, 2.24) is 4.37 Å². The number of carbonyl (C=O) groups is 2. The molecule has 0 bridgehead atoms. The molecule has 0 fully saturated rings. The van der Waals surface area contributed by atoms with Crippen LogP contribution in [-0.2, 0) is 24.3 Å². The lowest BCUT2D eigenvalue weighted by atomic mass is 10.2. The number of sulfonamides is 1. The van der Waals surface area contributed by atoms with E-state index in [1.807, 2.05) is 6.92 Å². The molecule has 1 heterocycles. The molecule has 0 radical (unpaired) electrons. The smallest absolute Gasteiger partial charge is 0.319 e. The number of aliphatic carboxylic acids is 1. The molecule has 162 valence electrons. The number of ether oxygens (including phenoxy) is 1. The number of carboxylic acid groups (broad SMARTS) is 1. The van der Waals surface area contributed by atoms with Crippen LogP contribution in [0, 0.1) is 6.92 Å². The molecule has 1 aromatic heterocycles. The Hall–Kier alpha value is -3.44. The van der Waals surface area contributed by atoms with Crippen LogP contribution in [0.3, 0.4) is 0 Å². The summed E-state index contributed by atoms with van der Waals surface area (Å²) in [4.78, 5) is 23.5. The molecular formula is C20H19N3O6S2. The monoisotopic (exact) mass is 461 g/mol. The number of anilines is 2. The molecule has 11 heteroatoms. The fraction of sp³-hybridized carbons (Fsp3) is 0.150. The van der Waals surface area contributed by atoms with Gasteiger partial charge in [0.05, 0.1) is 4.90 Å². The topological polar surface area (TPSA) is 135 Å². The number of carboxylic acids is 1. The summed E-state index contributed by atoms with van der Waals surface area (Å²) in [6.45, 7) is 1.82. The van der Waals surface area contributed by atoms with E-state index in [2.05, 4.69) is 14.4 Å². The molecule has 0 amide bonds. The summed E-state index contributed by atoms with van der Waals surface area (Å²) in [5.74, 6) is -1.95. The number of benzene rings is 2. The average molecular weight is 462 g/mol. The molecular weight excluding hydrogens is 442 g/mol. The summed E-state index contributed by atoms with van der Waals surface area (Å²) in [6.07, 6.45) is -1.73. The maximum atomic E-state index is 12.5. The van der Waals surface area contributed by atoms with E-state index < -0.39 is 34.6 Å². The second kappa shape index (κ2) is 9.58. The van der Waals surface area contributed by atoms with E-state index in [9.17, 15) is 18.0 Å². The summed E-state index contributed by atoms with van der Waals surface area (Å²) < 4.78 is 36.7. The Morgan fingerprint density at radius 2 is 1.81 bits per heavy atom. The van der Waals surface area contributed by atoms with Gasteiger partial charge in [0, 0.05) is 16.1 Å². The zero-order valence-corrected chi connectivity index (χ0v) is 17.9. The Kier molecular flexibility index (Phi) is 6.88. The molecule has 3 aromatic rings. The van der Waals surface area contributed by atoms with Crippen molar-refractivity contribution in [2.75, 3.05) is 10.0 Å². The number of hydrogen-bond donors (Lipinski definition) is 3. The standard InChI is InChI=1S/C20H19N3O6S2/c1-13-11-17(22-30-13)23-31(27,28)16-9-7-15(8-10-16)21-20(14-5-3-2-4-6-14)29-19(26)12-18(24)25/h2-11,20-21H,12H2,1H3,(H,22,23)(H,24,25). The third-order valence-electron chi connectivity index (χ3n) is 3.98. The molecule has 0 saturated carbocycles. The molecule has 1 atom stereocenters. The van der Waals surface area contributed by atoms with Crippen molar-refractivity contribution in [2.45, 2.75) is 24.5 Å². The SMILES string of the molecule is Cc1cc(NS(=O)(=O)c2ccc(NC(OC(=O)CC(=O)O)c3ccccc3)cc2)ns1. The van der Waals surface area contributed by atoms with Gasteiger partial charge in [-0.25, -0.2) is 8.42 Å². The van der Waals surface area contributed by atoms with Crippen LogP contribution in [0.2, 0.25) is 0 Å². The van der Waals surface area contributed by atoms with E-state index >= 15 is 0 Å². The first-order valence-corrected chi connectivity index (χ1v) is 11.3. The number of nitrogens with zero attached hydrogens (tertiary/aromatic N) is 1. The quantitative estimate of drug-likeness (QED) is 0.251. The summed E-state index contributed by atoms with van der Waals surface area (Å²) in [6, 6.07) is 16.2. The Bertz CT molecular complexity index is 1160. The zero-order valence-electron chi connectivity index (χ0n) is 16.3. The van der Waals surface area contributed by atoms with E-state index in [0.29, 0.717) is 11.3 Å². The van der Waals surface area contributed by atoms with Crippen molar-refractivity contribution in [3.8, 4) is 0 Å². The van der Waals surface area contributed by atoms with Crippen LogP contribution in [-0.4, -0.2) is 29.8 Å². The fourth-order valence-corrected chi connectivity index (χ4v) is 4.15. The first-order chi connectivity index (χ1) is 14.7. The van der Waals surface area contributed by atoms with Gasteiger partial charge >= 0.3 is 11.9 Å². The number of carbonyl (C=O) groups excluding carboxylic acids is 1. The Balaban J connectivity index is 1.76. The van der Waals surface area contributed by atoms with Crippen molar-refractivity contribution in [2.24, 2.45) is 0 Å². The summed E-state index contributed by atoms with van der Waals surface area (Å²) in [7, 11) is -3.81. The van der Waals surface area contributed by atoms with E-state index in [4.69, 9.17) is 9.84 Å². The van der Waals surface area contributed by atoms with Gasteiger partial charge in [0.15, 0.2) is 12.0 Å². The number of esters is 1. The van der Waals surface area contributed by atoms with Crippen LogP contribution < -0.4 is 10.0 Å². The molecule has 0 spiro atoms. The maximum absolute atomic E-state index is 12.5. The molecule has 0 aliphatic heterocycles. The normalized spacial score (nSPS) is 12.0. The van der Waals surface area contributed by atoms with Gasteiger partial charge in [0.1, 0.15) is 6.42 Å². The van der Waals surface area contributed by atoms with Crippen LogP contribution in [0.1, 0.15) is 23.1 Å². The minimum Gasteiger partial charge on any atom is -0.481 e. The highest BCUT2D eigenvalue weighted by Crippen LogP contribution is 2.24. The summed E-state index contributed by atoms with van der Waals surface area (Å²) >= 11 is 1.19. The molecule has 9 nitrogen and oxygen atoms in total. The van der Waals surface area contributed by atoms with Crippen molar-refractivity contribution in [1.29, 1.82) is 0 Å². The van der Waals surface area contributed by atoms with Crippen molar-refractivity contribution < 1.29 is 27.9 Å². The van der Waals surface area contributed by atoms with Crippen molar-refractivity contribution >= 4 is 45.0 Å². The van der Waals surface area contributed by atoms with Crippen LogP contribution in [0.25, 0.3) is 0 Å². The van der Waals surface area contributed by atoms with Gasteiger partial charge in [0.25, 0.3) is 10.0 Å².